The zero-order valence-corrected chi connectivity index (χ0v) is 14.1. The minimum atomic E-state index is 0.234. The Morgan fingerprint density at radius 2 is 1.85 bits per heavy atom. The Morgan fingerprint density at radius 3 is 2.45 bits per heavy atom. The van der Waals surface area contributed by atoms with Gasteiger partial charge in [0.1, 0.15) is 11.5 Å². The first-order chi connectivity index (χ1) is 9.58. The van der Waals surface area contributed by atoms with Crippen molar-refractivity contribution in [2.45, 2.75) is 32.7 Å². The summed E-state index contributed by atoms with van der Waals surface area (Å²) >= 11 is 2.29. The van der Waals surface area contributed by atoms with E-state index in [0.717, 1.165) is 29.9 Å². The molecule has 0 saturated heterocycles. The van der Waals surface area contributed by atoms with E-state index in [0.29, 0.717) is 0 Å². The largest absolute Gasteiger partial charge is 0.457 e. The molecule has 0 heterocycles. The smallest absolute Gasteiger partial charge is 0.130 e. The van der Waals surface area contributed by atoms with Crippen molar-refractivity contribution >= 4 is 22.6 Å². The second-order valence-electron chi connectivity index (χ2n) is 5.03. The van der Waals surface area contributed by atoms with E-state index in [9.17, 15) is 0 Å². The average Bonchev–Trinajstić information content (AvgIpc) is 2.44. The van der Waals surface area contributed by atoms with Crippen LogP contribution in [-0.4, -0.2) is 6.04 Å². The molecule has 2 N–H and O–H groups in total. The third-order valence-corrected chi connectivity index (χ3v) is 4.02. The van der Waals surface area contributed by atoms with Crippen LogP contribution in [0.2, 0.25) is 0 Å². The van der Waals surface area contributed by atoms with Gasteiger partial charge in [-0.2, -0.15) is 0 Å². The summed E-state index contributed by atoms with van der Waals surface area (Å²) in [6.45, 7) is 4.19. The van der Waals surface area contributed by atoms with E-state index in [-0.39, 0.29) is 6.04 Å². The van der Waals surface area contributed by atoms with Crippen LogP contribution < -0.4 is 10.5 Å². The fourth-order valence-corrected chi connectivity index (χ4v) is 2.39. The second-order valence-corrected chi connectivity index (χ2v) is 6.27. The lowest BCUT2D eigenvalue weighted by atomic mass is 10.0. The van der Waals surface area contributed by atoms with Crippen molar-refractivity contribution in [2.24, 2.45) is 5.73 Å². The van der Waals surface area contributed by atoms with Crippen LogP contribution in [-0.2, 0) is 6.42 Å². The van der Waals surface area contributed by atoms with Crippen molar-refractivity contribution in [1.82, 2.24) is 0 Å². The van der Waals surface area contributed by atoms with E-state index in [1.807, 2.05) is 30.3 Å². The van der Waals surface area contributed by atoms with Gasteiger partial charge in [-0.05, 0) is 83.8 Å². The third kappa shape index (κ3) is 4.21. The van der Waals surface area contributed by atoms with Crippen molar-refractivity contribution in [3.05, 3.63) is 57.2 Å². The molecule has 3 heteroatoms. The lowest BCUT2D eigenvalue weighted by Gasteiger charge is -2.12. The number of aryl methyl sites for hydroxylation is 1. The number of hydrogen-bond donors (Lipinski definition) is 1. The number of rotatable bonds is 5. The lowest BCUT2D eigenvalue weighted by molar-refractivity contribution is 0.478. The zero-order chi connectivity index (χ0) is 14.5. The highest BCUT2D eigenvalue weighted by Crippen LogP contribution is 2.26. The van der Waals surface area contributed by atoms with Gasteiger partial charge in [0.2, 0.25) is 0 Å². The number of hydrogen-bond acceptors (Lipinski definition) is 2. The van der Waals surface area contributed by atoms with E-state index in [1.165, 1.54) is 9.13 Å². The highest BCUT2D eigenvalue weighted by molar-refractivity contribution is 14.1. The lowest BCUT2D eigenvalue weighted by Crippen LogP contribution is -2.21. The summed E-state index contributed by atoms with van der Waals surface area (Å²) in [7, 11) is 0. The van der Waals surface area contributed by atoms with Gasteiger partial charge in [-0.3, -0.25) is 0 Å². The van der Waals surface area contributed by atoms with Crippen LogP contribution in [0, 0.1) is 10.5 Å². The average molecular weight is 381 g/mol. The van der Waals surface area contributed by atoms with Gasteiger partial charge >= 0.3 is 0 Å². The Hall–Kier alpha value is -1.07. The molecular formula is C17H20INO. The topological polar surface area (TPSA) is 35.2 Å². The van der Waals surface area contributed by atoms with E-state index >= 15 is 0 Å². The maximum atomic E-state index is 6.00. The SMILES string of the molecule is CCC(N)Cc1ccc(Oc2ccc(I)cc2)c(C)c1. The standard InChI is InChI=1S/C17H20INO/c1-3-15(19)11-13-4-9-17(12(2)10-13)20-16-7-5-14(18)6-8-16/h4-10,15H,3,11,19H2,1-2H3. The number of ether oxygens (including phenoxy) is 1. The monoisotopic (exact) mass is 381 g/mol. The summed E-state index contributed by atoms with van der Waals surface area (Å²) in [5, 5.41) is 0. The Kier molecular flexibility index (Phi) is 5.43. The van der Waals surface area contributed by atoms with Crippen molar-refractivity contribution in [3.63, 3.8) is 0 Å². The van der Waals surface area contributed by atoms with Crippen LogP contribution in [0.4, 0.5) is 0 Å². The van der Waals surface area contributed by atoms with Crippen molar-refractivity contribution < 1.29 is 4.74 Å². The first-order valence-electron chi connectivity index (χ1n) is 6.87. The van der Waals surface area contributed by atoms with Gasteiger partial charge < -0.3 is 10.5 Å². The Morgan fingerprint density at radius 1 is 1.15 bits per heavy atom. The predicted octanol–water partition coefficient (Wildman–Crippen LogP) is 4.67. The molecule has 0 spiro atoms. The molecule has 0 amide bonds. The summed E-state index contributed by atoms with van der Waals surface area (Å²) in [4.78, 5) is 0. The molecule has 1 atom stereocenters. The van der Waals surface area contributed by atoms with Crippen LogP contribution >= 0.6 is 22.6 Å². The van der Waals surface area contributed by atoms with Crippen molar-refractivity contribution in [1.29, 1.82) is 0 Å². The van der Waals surface area contributed by atoms with Crippen LogP contribution in [0.25, 0.3) is 0 Å². The summed E-state index contributed by atoms with van der Waals surface area (Å²) in [6, 6.07) is 14.6. The van der Waals surface area contributed by atoms with Gasteiger partial charge in [0.15, 0.2) is 0 Å². The van der Waals surface area contributed by atoms with E-state index in [1.54, 1.807) is 0 Å². The highest BCUT2D eigenvalue weighted by Gasteiger charge is 2.06. The molecule has 2 aromatic rings. The summed E-state index contributed by atoms with van der Waals surface area (Å²) in [5.41, 5.74) is 8.41. The van der Waals surface area contributed by atoms with Gasteiger partial charge in [0.25, 0.3) is 0 Å². The Labute approximate surface area is 134 Å². The first-order valence-corrected chi connectivity index (χ1v) is 7.95. The van der Waals surface area contributed by atoms with Crippen molar-refractivity contribution in [2.75, 3.05) is 0 Å². The fourth-order valence-electron chi connectivity index (χ4n) is 2.03. The molecule has 20 heavy (non-hydrogen) atoms. The molecule has 0 saturated carbocycles. The van der Waals surface area contributed by atoms with Crippen LogP contribution in [0.5, 0.6) is 11.5 Å². The van der Waals surface area contributed by atoms with Gasteiger partial charge in [-0.1, -0.05) is 19.1 Å². The van der Waals surface area contributed by atoms with E-state index in [4.69, 9.17) is 10.5 Å². The predicted molar refractivity (Wildman–Crippen MR) is 92.4 cm³/mol. The number of halogens is 1. The van der Waals surface area contributed by atoms with E-state index in [2.05, 4.69) is 48.6 Å². The second kappa shape index (κ2) is 7.09. The molecule has 0 aliphatic heterocycles. The van der Waals surface area contributed by atoms with Crippen LogP contribution in [0.3, 0.4) is 0 Å². The van der Waals surface area contributed by atoms with Gasteiger partial charge in [0.05, 0.1) is 0 Å². The maximum Gasteiger partial charge on any atom is 0.130 e. The van der Waals surface area contributed by atoms with Crippen molar-refractivity contribution in [3.8, 4) is 11.5 Å². The van der Waals surface area contributed by atoms with E-state index < -0.39 is 0 Å². The quantitative estimate of drug-likeness (QED) is 0.764. The highest BCUT2D eigenvalue weighted by atomic mass is 127. The molecule has 2 aromatic carbocycles. The molecule has 0 aliphatic carbocycles. The maximum absolute atomic E-state index is 6.00. The zero-order valence-electron chi connectivity index (χ0n) is 11.9. The Balaban J connectivity index is 2.11. The molecule has 0 bridgehead atoms. The number of benzene rings is 2. The van der Waals surface area contributed by atoms with Gasteiger partial charge in [-0.25, -0.2) is 0 Å². The molecule has 0 aliphatic rings. The first kappa shape index (κ1) is 15.3. The van der Waals surface area contributed by atoms with Crippen LogP contribution in [0.1, 0.15) is 24.5 Å². The normalized spacial score (nSPS) is 12.2. The summed E-state index contributed by atoms with van der Waals surface area (Å²) in [5.74, 6) is 1.77. The minimum Gasteiger partial charge on any atom is -0.457 e. The molecule has 2 nitrogen and oxygen atoms in total. The molecule has 1 unspecified atom stereocenters. The molecular weight excluding hydrogens is 361 g/mol. The van der Waals surface area contributed by atoms with Gasteiger partial charge in [-0.15, -0.1) is 0 Å². The summed E-state index contributed by atoms with van der Waals surface area (Å²) in [6.07, 6.45) is 1.92. The molecule has 106 valence electrons. The molecule has 0 aromatic heterocycles. The van der Waals surface area contributed by atoms with Crippen LogP contribution in [0.15, 0.2) is 42.5 Å². The third-order valence-electron chi connectivity index (χ3n) is 3.30. The molecule has 0 radical (unpaired) electrons. The Bertz CT molecular complexity index is 566. The molecule has 2 rings (SSSR count). The van der Waals surface area contributed by atoms with Gasteiger partial charge in [0, 0.05) is 9.61 Å². The fraction of sp³-hybridized carbons (Fsp3) is 0.294. The minimum absolute atomic E-state index is 0.234. The summed E-state index contributed by atoms with van der Waals surface area (Å²) < 4.78 is 7.12. The molecule has 0 fully saturated rings. The number of nitrogens with two attached hydrogens (primary N) is 1.